The summed E-state index contributed by atoms with van der Waals surface area (Å²) in [5.41, 5.74) is 0.348. The van der Waals surface area contributed by atoms with Gasteiger partial charge in [0.25, 0.3) is 10.0 Å². The number of carbonyl (C=O) groups is 2. The van der Waals surface area contributed by atoms with Gasteiger partial charge in [-0.05, 0) is 44.2 Å². The third-order valence-corrected chi connectivity index (χ3v) is 7.55. The summed E-state index contributed by atoms with van der Waals surface area (Å²) in [7, 11) is -2.82. The smallest absolute Gasteiger partial charge is 0.264 e. The summed E-state index contributed by atoms with van der Waals surface area (Å²) >= 11 is 0. The van der Waals surface area contributed by atoms with Crippen molar-refractivity contribution in [1.82, 2.24) is 10.2 Å². The molecule has 1 atom stereocenters. The zero-order valence-electron chi connectivity index (χ0n) is 20.9. The van der Waals surface area contributed by atoms with Crippen LogP contribution in [0, 0.1) is 5.82 Å². The first kappa shape index (κ1) is 27.7. The van der Waals surface area contributed by atoms with Crippen molar-refractivity contribution in [2.24, 2.45) is 0 Å². The molecule has 1 unspecified atom stereocenters. The molecule has 0 aliphatic carbocycles. The van der Waals surface area contributed by atoms with Gasteiger partial charge in [0.2, 0.25) is 11.8 Å². The van der Waals surface area contributed by atoms with E-state index in [1.54, 1.807) is 49.4 Å². The molecule has 0 fully saturated rings. The van der Waals surface area contributed by atoms with E-state index in [4.69, 9.17) is 4.74 Å². The highest BCUT2D eigenvalue weighted by Gasteiger charge is 2.33. The lowest BCUT2D eigenvalue weighted by Gasteiger charge is -2.32. The summed E-state index contributed by atoms with van der Waals surface area (Å²) in [6, 6.07) is 19.0. The third kappa shape index (κ3) is 6.45. The summed E-state index contributed by atoms with van der Waals surface area (Å²) in [4.78, 5) is 27.6. The van der Waals surface area contributed by atoms with Crippen molar-refractivity contribution >= 4 is 27.5 Å². The maximum Gasteiger partial charge on any atom is 0.264 e. The van der Waals surface area contributed by atoms with E-state index in [-0.39, 0.29) is 28.4 Å². The molecule has 10 heteroatoms. The average Bonchev–Trinajstić information content (AvgIpc) is 2.91. The van der Waals surface area contributed by atoms with E-state index in [0.29, 0.717) is 6.54 Å². The highest BCUT2D eigenvalue weighted by molar-refractivity contribution is 7.92. The van der Waals surface area contributed by atoms with Gasteiger partial charge in [0.05, 0.1) is 17.7 Å². The normalized spacial score (nSPS) is 11.9. The maximum atomic E-state index is 14.5. The number of methoxy groups -OCH3 is 1. The second kappa shape index (κ2) is 12.4. The number of amides is 2. The molecule has 0 aliphatic heterocycles. The molecule has 0 spiro atoms. The molecule has 0 aromatic heterocycles. The molecule has 37 heavy (non-hydrogen) atoms. The van der Waals surface area contributed by atoms with Gasteiger partial charge in [-0.3, -0.25) is 13.9 Å². The number of benzene rings is 3. The number of sulfonamides is 1. The lowest BCUT2D eigenvalue weighted by molar-refractivity contribution is -0.139. The molecular formula is C27H30FN3O5S. The zero-order chi connectivity index (χ0) is 27.0. The Balaban J connectivity index is 2.07. The van der Waals surface area contributed by atoms with Crippen LogP contribution in [0.5, 0.6) is 5.75 Å². The van der Waals surface area contributed by atoms with E-state index in [0.717, 1.165) is 4.31 Å². The number of rotatable bonds is 11. The number of anilines is 1. The summed E-state index contributed by atoms with van der Waals surface area (Å²) in [6.45, 7) is 2.72. The molecule has 1 N–H and O–H groups in total. The highest BCUT2D eigenvalue weighted by Crippen LogP contribution is 2.32. The zero-order valence-corrected chi connectivity index (χ0v) is 21.7. The number of hydrogen-bond acceptors (Lipinski definition) is 5. The molecule has 3 aromatic rings. The van der Waals surface area contributed by atoms with Crippen molar-refractivity contribution in [3.8, 4) is 5.75 Å². The van der Waals surface area contributed by atoms with Crippen molar-refractivity contribution in [3.63, 3.8) is 0 Å². The number of nitrogens with zero attached hydrogens (tertiary/aromatic N) is 2. The van der Waals surface area contributed by atoms with Crippen LogP contribution in [0.4, 0.5) is 10.1 Å². The number of carbonyl (C=O) groups excluding carboxylic acids is 2. The van der Waals surface area contributed by atoms with E-state index in [1.807, 2.05) is 0 Å². The van der Waals surface area contributed by atoms with Crippen LogP contribution in [-0.4, -0.2) is 51.4 Å². The fourth-order valence-corrected chi connectivity index (χ4v) is 5.23. The Morgan fingerprint density at radius 1 is 0.973 bits per heavy atom. The average molecular weight is 528 g/mol. The highest BCUT2D eigenvalue weighted by atomic mass is 32.2. The quantitative estimate of drug-likeness (QED) is 0.411. The summed E-state index contributed by atoms with van der Waals surface area (Å²) < 4.78 is 48.3. The molecule has 196 valence electrons. The molecule has 8 nitrogen and oxygen atoms in total. The monoisotopic (exact) mass is 527 g/mol. The Bertz CT molecular complexity index is 1330. The van der Waals surface area contributed by atoms with E-state index >= 15 is 0 Å². The van der Waals surface area contributed by atoms with Gasteiger partial charge in [-0.1, -0.05) is 48.5 Å². The minimum atomic E-state index is -4.22. The molecular weight excluding hydrogens is 497 g/mol. The number of ether oxygens (including phenoxy) is 1. The van der Waals surface area contributed by atoms with Gasteiger partial charge in [-0.15, -0.1) is 0 Å². The van der Waals surface area contributed by atoms with Crippen LogP contribution in [0.3, 0.4) is 0 Å². The predicted octanol–water partition coefficient (Wildman–Crippen LogP) is 3.58. The van der Waals surface area contributed by atoms with Crippen LogP contribution >= 0.6 is 0 Å². The van der Waals surface area contributed by atoms with Gasteiger partial charge in [-0.2, -0.15) is 0 Å². The Hall–Kier alpha value is -3.92. The summed E-state index contributed by atoms with van der Waals surface area (Å²) in [5.74, 6) is -1.43. The minimum Gasteiger partial charge on any atom is -0.495 e. The summed E-state index contributed by atoms with van der Waals surface area (Å²) in [5, 5.41) is 2.66. The van der Waals surface area contributed by atoms with Gasteiger partial charge < -0.3 is 15.0 Å². The molecule has 0 saturated heterocycles. The van der Waals surface area contributed by atoms with Crippen molar-refractivity contribution in [1.29, 1.82) is 0 Å². The van der Waals surface area contributed by atoms with Crippen molar-refractivity contribution in [2.75, 3.05) is 24.5 Å². The lowest BCUT2D eigenvalue weighted by Crippen LogP contribution is -2.51. The van der Waals surface area contributed by atoms with E-state index < -0.39 is 40.2 Å². The molecule has 2 amide bonds. The van der Waals surface area contributed by atoms with Gasteiger partial charge in [0.1, 0.15) is 24.2 Å². The fourth-order valence-electron chi connectivity index (χ4n) is 3.78. The Kier molecular flexibility index (Phi) is 9.24. The number of para-hydroxylation sites is 2. The molecule has 3 aromatic carbocycles. The molecule has 0 radical (unpaired) electrons. The van der Waals surface area contributed by atoms with Crippen LogP contribution in [-0.2, 0) is 26.2 Å². The van der Waals surface area contributed by atoms with Crippen molar-refractivity contribution < 1.29 is 27.1 Å². The number of likely N-dealkylation sites (N-methyl/N-ethyl adjacent to an activating group) is 1. The van der Waals surface area contributed by atoms with E-state index in [1.165, 1.54) is 55.3 Å². The molecule has 0 aliphatic rings. The predicted molar refractivity (Wildman–Crippen MR) is 139 cm³/mol. The Morgan fingerprint density at radius 2 is 1.59 bits per heavy atom. The topological polar surface area (TPSA) is 96.0 Å². The molecule has 3 rings (SSSR count). The number of hydrogen-bond donors (Lipinski definition) is 1. The maximum absolute atomic E-state index is 14.5. The first-order chi connectivity index (χ1) is 17.7. The molecule has 0 saturated carbocycles. The first-order valence-electron chi connectivity index (χ1n) is 11.7. The third-order valence-electron chi connectivity index (χ3n) is 5.78. The van der Waals surface area contributed by atoms with Crippen LogP contribution in [0.25, 0.3) is 0 Å². The van der Waals surface area contributed by atoms with Gasteiger partial charge in [-0.25, -0.2) is 12.8 Å². The van der Waals surface area contributed by atoms with E-state index in [9.17, 15) is 22.4 Å². The van der Waals surface area contributed by atoms with E-state index in [2.05, 4.69) is 5.32 Å². The second-order valence-corrected chi connectivity index (χ2v) is 10.0. The number of nitrogens with one attached hydrogen (secondary N) is 1. The van der Waals surface area contributed by atoms with Crippen molar-refractivity contribution in [2.45, 2.75) is 31.3 Å². The lowest BCUT2D eigenvalue weighted by atomic mass is 10.1. The standard InChI is InChI=1S/C27H30FN3O5S/c1-4-29-27(33)20(2)30(18-21-12-8-9-15-23(21)28)26(32)19-31(24-16-10-11-17-25(24)36-3)37(34,35)22-13-6-5-7-14-22/h5-17,20H,4,18-19H2,1-3H3,(H,29,33). The van der Waals surface area contributed by atoms with Crippen LogP contribution < -0.4 is 14.4 Å². The fraction of sp³-hybridized carbons (Fsp3) is 0.259. The first-order valence-corrected chi connectivity index (χ1v) is 13.2. The van der Waals surface area contributed by atoms with Gasteiger partial charge >= 0.3 is 0 Å². The van der Waals surface area contributed by atoms with Crippen molar-refractivity contribution in [3.05, 3.63) is 90.2 Å². The summed E-state index contributed by atoms with van der Waals surface area (Å²) in [6.07, 6.45) is 0. The molecule has 0 heterocycles. The Morgan fingerprint density at radius 3 is 2.24 bits per heavy atom. The van der Waals surface area contributed by atoms with Crippen LogP contribution in [0.2, 0.25) is 0 Å². The second-order valence-electron chi connectivity index (χ2n) is 8.18. The minimum absolute atomic E-state index is 0.0221. The SMILES string of the molecule is CCNC(=O)C(C)N(Cc1ccccc1F)C(=O)CN(c1ccccc1OC)S(=O)(=O)c1ccccc1. The van der Waals surface area contributed by atoms with Gasteiger partial charge in [0.15, 0.2) is 0 Å². The van der Waals surface area contributed by atoms with Crippen LogP contribution in [0.15, 0.2) is 83.8 Å². The molecule has 0 bridgehead atoms. The Labute approximate surface area is 216 Å². The largest absolute Gasteiger partial charge is 0.495 e. The number of halogens is 1. The van der Waals surface area contributed by atoms with Crippen LogP contribution in [0.1, 0.15) is 19.4 Å². The van der Waals surface area contributed by atoms with Gasteiger partial charge in [0, 0.05) is 18.7 Å².